The number of carbonyl (C=O) groups is 1. The van der Waals surface area contributed by atoms with Gasteiger partial charge in [-0.15, -0.1) is 0 Å². The Morgan fingerprint density at radius 2 is 1.79 bits per heavy atom. The van der Waals surface area contributed by atoms with Gasteiger partial charge in [0.2, 0.25) is 5.91 Å². The Kier molecular flexibility index (Phi) is 4.59. The van der Waals surface area contributed by atoms with Crippen molar-refractivity contribution in [3.8, 4) is 0 Å². The van der Waals surface area contributed by atoms with Crippen LogP contribution in [0.15, 0.2) is 0 Å². The number of nitrogens with two attached hydrogens (primary N) is 1. The number of nitrogens with one attached hydrogen (secondary N) is 1. The molecule has 3 nitrogen and oxygen atoms in total. The summed E-state index contributed by atoms with van der Waals surface area (Å²) >= 11 is 0. The normalized spacial score (nSPS) is 12.7. The lowest BCUT2D eigenvalue weighted by Crippen LogP contribution is -2.55. The summed E-state index contributed by atoms with van der Waals surface area (Å²) in [6.45, 7) is 10.4. The molecule has 0 aliphatic rings. The first-order chi connectivity index (χ1) is 6.23. The molecule has 0 rings (SSSR count). The highest BCUT2D eigenvalue weighted by molar-refractivity contribution is 5.83. The highest BCUT2D eigenvalue weighted by Crippen LogP contribution is 2.28. The van der Waals surface area contributed by atoms with Crippen LogP contribution in [0.3, 0.4) is 0 Å². The van der Waals surface area contributed by atoms with Crippen molar-refractivity contribution in [1.29, 1.82) is 0 Å². The summed E-state index contributed by atoms with van der Waals surface area (Å²) in [6.07, 6.45) is 2.11. The van der Waals surface area contributed by atoms with E-state index in [0.717, 1.165) is 19.4 Å². The van der Waals surface area contributed by atoms with Crippen molar-refractivity contribution in [2.45, 2.75) is 53.0 Å². The molecule has 0 bridgehead atoms. The van der Waals surface area contributed by atoms with Crippen molar-refractivity contribution >= 4 is 5.91 Å². The fourth-order valence-corrected chi connectivity index (χ4v) is 0.892. The first-order valence-electron chi connectivity index (χ1n) is 5.30. The van der Waals surface area contributed by atoms with E-state index in [1.54, 1.807) is 0 Å². The number of carbonyl (C=O) groups excluding carboxylic acids is 1. The van der Waals surface area contributed by atoms with Gasteiger partial charge < -0.3 is 11.1 Å². The molecule has 1 amide bonds. The molecule has 0 aromatic carbocycles. The zero-order valence-corrected chi connectivity index (χ0v) is 10.1. The van der Waals surface area contributed by atoms with Crippen LogP contribution in [-0.4, -0.2) is 18.0 Å². The zero-order chi connectivity index (χ0) is 11.4. The molecule has 0 aromatic rings. The van der Waals surface area contributed by atoms with Crippen LogP contribution in [0.4, 0.5) is 0 Å². The van der Waals surface area contributed by atoms with Gasteiger partial charge in [-0.05, 0) is 34.1 Å². The smallest absolute Gasteiger partial charge is 0.227 e. The molecule has 3 heteroatoms. The van der Waals surface area contributed by atoms with Gasteiger partial charge in [0.1, 0.15) is 0 Å². The lowest BCUT2D eigenvalue weighted by molar-refractivity contribution is -0.132. The Bertz CT molecular complexity index is 192. The van der Waals surface area contributed by atoms with Crippen LogP contribution in [0.25, 0.3) is 0 Å². The summed E-state index contributed by atoms with van der Waals surface area (Å²) in [5, 5.41) is 2.91. The van der Waals surface area contributed by atoms with Crippen LogP contribution >= 0.6 is 0 Å². The lowest BCUT2D eigenvalue weighted by Gasteiger charge is -2.36. The number of hydrogen-bond acceptors (Lipinski definition) is 2. The van der Waals surface area contributed by atoms with Gasteiger partial charge in [-0.3, -0.25) is 4.79 Å². The first-order valence-corrected chi connectivity index (χ1v) is 5.30. The maximum absolute atomic E-state index is 11.8. The van der Waals surface area contributed by atoms with Crippen molar-refractivity contribution in [3.05, 3.63) is 0 Å². The van der Waals surface area contributed by atoms with Gasteiger partial charge in [0, 0.05) is 12.1 Å². The molecule has 3 N–H and O–H groups in total. The van der Waals surface area contributed by atoms with E-state index in [1.165, 1.54) is 0 Å². The topological polar surface area (TPSA) is 55.1 Å². The van der Waals surface area contributed by atoms with Crippen molar-refractivity contribution in [3.63, 3.8) is 0 Å². The van der Waals surface area contributed by atoms with Crippen LogP contribution in [0, 0.1) is 5.41 Å². The summed E-state index contributed by atoms with van der Waals surface area (Å²) in [6, 6.07) is 0. The van der Waals surface area contributed by atoms with E-state index >= 15 is 0 Å². The number of rotatable bonds is 5. The highest BCUT2D eigenvalue weighted by atomic mass is 16.2. The van der Waals surface area contributed by atoms with E-state index in [-0.39, 0.29) is 5.91 Å². The molecule has 0 saturated heterocycles. The van der Waals surface area contributed by atoms with Crippen molar-refractivity contribution in [2.75, 3.05) is 6.54 Å². The Hall–Kier alpha value is -0.570. The maximum atomic E-state index is 11.8. The van der Waals surface area contributed by atoms with E-state index in [1.807, 2.05) is 27.7 Å². The molecule has 0 aliphatic carbocycles. The van der Waals surface area contributed by atoms with Crippen molar-refractivity contribution in [2.24, 2.45) is 11.1 Å². The molecular weight excluding hydrogens is 176 g/mol. The van der Waals surface area contributed by atoms with Crippen molar-refractivity contribution in [1.82, 2.24) is 5.32 Å². The highest BCUT2D eigenvalue weighted by Gasteiger charge is 2.39. The molecule has 0 radical (unpaired) electrons. The number of hydrogen-bond donors (Lipinski definition) is 2. The van der Waals surface area contributed by atoms with Gasteiger partial charge in [-0.25, -0.2) is 0 Å². The van der Waals surface area contributed by atoms with Crippen LogP contribution in [0.2, 0.25) is 0 Å². The number of amides is 1. The minimum absolute atomic E-state index is 0.0402. The maximum Gasteiger partial charge on any atom is 0.227 e. The third-order valence-electron chi connectivity index (χ3n) is 2.99. The fraction of sp³-hybridized carbons (Fsp3) is 0.909. The Morgan fingerprint density at radius 1 is 1.29 bits per heavy atom. The van der Waals surface area contributed by atoms with Crippen LogP contribution in [-0.2, 0) is 4.79 Å². The third-order valence-corrected chi connectivity index (χ3v) is 2.99. The van der Waals surface area contributed by atoms with E-state index in [9.17, 15) is 4.79 Å². The Balaban J connectivity index is 4.23. The molecule has 0 saturated carbocycles. The number of unbranched alkanes of at least 4 members (excludes halogenated alkanes) is 1. The summed E-state index contributed by atoms with van der Waals surface area (Å²) in [4.78, 5) is 11.8. The molecule has 84 valence electrons. The Labute approximate surface area is 87.4 Å². The van der Waals surface area contributed by atoms with Gasteiger partial charge in [0.05, 0.1) is 5.41 Å². The molecular formula is C11H24N2O. The molecule has 0 unspecified atom stereocenters. The second-order valence-corrected chi connectivity index (χ2v) is 4.96. The van der Waals surface area contributed by atoms with E-state index in [4.69, 9.17) is 5.73 Å². The van der Waals surface area contributed by atoms with E-state index < -0.39 is 11.0 Å². The van der Waals surface area contributed by atoms with E-state index in [2.05, 4.69) is 12.2 Å². The van der Waals surface area contributed by atoms with Crippen LogP contribution < -0.4 is 11.1 Å². The predicted octanol–water partition coefficient (Wildman–Crippen LogP) is 1.67. The molecule has 0 heterocycles. The third kappa shape index (κ3) is 3.29. The molecule has 14 heavy (non-hydrogen) atoms. The molecule has 0 spiro atoms. The first kappa shape index (κ1) is 13.4. The SMILES string of the molecule is CCCCNC(=O)C(C)(C)C(C)(C)N. The molecule has 0 aromatic heterocycles. The van der Waals surface area contributed by atoms with Crippen LogP contribution in [0.1, 0.15) is 47.5 Å². The minimum atomic E-state index is -0.527. The second-order valence-electron chi connectivity index (χ2n) is 4.96. The summed E-state index contributed by atoms with van der Waals surface area (Å²) in [5.74, 6) is 0.0402. The largest absolute Gasteiger partial charge is 0.356 e. The zero-order valence-electron chi connectivity index (χ0n) is 10.1. The second kappa shape index (κ2) is 4.78. The molecule has 0 fully saturated rings. The Morgan fingerprint density at radius 3 is 2.14 bits per heavy atom. The van der Waals surface area contributed by atoms with Gasteiger partial charge in [-0.2, -0.15) is 0 Å². The minimum Gasteiger partial charge on any atom is -0.356 e. The van der Waals surface area contributed by atoms with Gasteiger partial charge in [-0.1, -0.05) is 13.3 Å². The van der Waals surface area contributed by atoms with Gasteiger partial charge in [0.15, 0.2) is 0 Å². The van der Waals surface area contributed by atoms with Gasteiger partial charge >= 0.3 is 0 Å². The fourth-order valence-electron chi connectivity index (χ4n) is 0.892. The molecule has 0 aliphatic heterocycles. The summed E-state index contributed by atoms with van der Waals surface area (Å²) in [7, 11) is 0. The monoisotopic (exact) mass is 200 g/mol. The average molecular weight is 200 g/mol. The standard InChI is InChI=1S/C11H24N2O/c1-6-7-8-13-9(14)10(2,3)11(4,5)12/h6-8,12H2,1-5H3,(H,13,14). The summed E-state index contributed by atoms with van der Waals surface area (Å²) < 4.78 is 0. The summed E-state index contributed by atoms with van der Waals surface area (Å²) in [5.41, 5.74) is 4.93. The van der Waals surface area contributed by atoms with Crippen molar-refractivity contribution < 1.29 is 4.79 Å². The van der Waals surface area contributed by atoms with Crippen LogP contribution in [0.5, 0.6) is 0 Å². The lowest BCUT2D eigenvalue weighted by atomic mass is 9.74. The van der Waals surface area contributed by atoms with Gasteiger partial charge in [0.25, 0.3) is 0 Å². The average Bonchev–Trinajstić information content (AvgIpc) is 2.02. The molecule has 0 atom stereocenters. The van der Waals surface area contributed by atoms with E-state index in [0.29, 0.717) is 0 Å². The predicted molar refractivity (Wildman–Crippen MR) is 60.0 cm³/mol. The quantitative estimate of drug-likeness (QED) is 0.663.